The number of pyridine rings is 1. The number of benzene rings is 2. The number of hydrogen-bond acceptors (Lipinski definition) is 8. The van der Waals surface area contributed by atoms with Crippen molar-refractivity contribution in [2.75, 3.05) is 40.0 Å². The normalized spacial score (nSPS) is 16.9. The monoisotopic (exact) mass is 549 g/mol. The highest BCUT2D eigenvalue weighted by molar-refractivity contribution is 5.86. The third-order valence-electron chi connectivity index (χ3n) is 7.34. The van der Waals surface area contributed by atoms with Gasteiger partial charge in [0, 0.05) is 43.8 Å². The van der Waals surface area contributed by atoms with E-state index in [1.807, 2.05) is 68.1 Å². The van der Waals surface area contributed by atoms with Crippen molar-refractivity contribution in [2.24, 2.45) is 0 Å². The Labute approximate surface area is 235 Å². The molecule has 214 valence electrons. The molecule has 1 atom stereocenters. The summed E-state index contributed by atoms with van der Waals surface area (Å²) in [6.45, 7) is 9.07. The number of fused-ring (bicyclic) bond motifs is 2. The number of aliphatic hydroxyl groups is 1. The molecule has 1 amide bonds. The van der Waals surface area contributed by atoms with Gasteiger partial charge in [-0.2, -0.15) is 0 Å². The number of aromatic nitrogens is 1. The lowest BCUT2D eigenvalue weighted by molar-refractivity contribution is 0.00290. The summed E-state index contributed by atoms with van der Waals surface area (Å²) in [6, 6.07) is 13.6. The van der Waals surface area contributed by atoms with Crippen molar-refractivity contribution in [3.63, 3.8) is 0 Å². The van der Waals surface area contributed by atoms with Crippen LogP contribution in [0.1, 0.15) is 51.0 Å². The van der Waals surface area contributed by atoms with Gasteiger partial charge in [0.05, 0.1) is 12.8 Å². The van der Waals surface area contributed by atoms with Gasteiger partial charge in [-0.05, 0) is 74.9 Å². The lowest BCUT2D eigenvalue weighted by Crippen LogP contribution is -2.49. The van der Waals surface area contributed by atoms with Crippen LogP contribution < -0.4 is 14.2 Å². The molecule has 9 heteroatoms. The molecule has 1 aromatic heterocycles. The minimum atomic E-state index is -0.743. The number of methoxy groups -OCH3 is 1. The van der Waals surface area contributed by atoms with Crippen LogP contribution in [-0.4, -0.2) is 77.6 Å². The van der Waals surface area contributed by atoms with Gasteiger partial charge < -0.3 is 33.9 Å². The summed E-state index contributed by atoms with van der Waals surface area (Å²) < 4.78 is 22.6. The molecule has 1 saturated heterocycles. The molecular weight excluding hydrogens is 510 g/mol. The van der Waals surface area contributed by atoms with E-state index in [0.29, 0.717) is 37.7 Å². The summed E-state index contributed by atoms with van der Waals surface area (Å²) in [5.74, 6) is 2.16. The standard InChI is InChI=1S/C31H39N3O6/c1-31(2,3)40-30(36)34(19-21-5-8-27-28(17-21)39-16-15-38-27)23-10-13-33(14-11-23)20-26(35)29-25-18-24(37-4)7-6-22(25)9-12-32-29/h5-9,12,17-18,23,26,35H,10-11,13-16,19-20H2,1-4H3. The first kappa shape index (κ1) is 28.0. The van der Waals surface area contributed by atoms with Gasteiger partial charge in [-0.25, -0.2) is 4.79 Å². The molecule has 1 fully saturated rings. The molecule has 40 heavy (non-hydrogen) atoms. The molecule has 9 nitrogen and oxygen atoms in total. The van der Waals surface area contributed by atoms with Crippen LogP contribution in [0.4, 0.5) is 4.79 Å². The smallest absolute Gasteiger partial charge is 0.410 e. The maximum atomic E-state index is 13.3. The van der Waals surface area contributed by atoms with Crippen LogP contribution in [0.25, 0.3) is 10.8 Å². The number of aliphatic hydroxyl groups excluding tert-OH is 1. The van der Waals surface area contributed by atoms with Crippen molar-refractivity contribution >= 4 is 16.9 Å². The van der Waals surface area contributed by atoms with E-state index in [9.17, 15) is 9.90 Å². The van der Waals surface area contributed by atoms with Crippen LogP contribution in [0.5, 0.6) is 17.2 Å². The maximum Gasteiger partial charge on any atom is 0.410 e. The van der Waals surface area contributed by atoms with E-state index in [4.69, 9.17) is 18.9 Å². The van der Waals surface area contributed by atoms with Crippen molar-refractivity contribution in [3.8, 4) is 17.2 Å². The second-order valence-electron chi connectivity index (χ2n) is 11.4. The molecule has 3 aromatic rings. The molecule has 3 heterocycles. The molecule has 2 aliphatic heterocycles. The number of ether oxygens (including phenoxy) is 4. The predicted octanol–water partition coefficient (Wildman–Crippen LogP) is 4.95. The van der Waals surface area contributed by atoms with E-state index < -0.39 is 11.7 Å². The van der Waals surface area contributed by atoms with Gasteiger partial charge in [0.1, 0.15) is 30.7 Å². The fourth-order valence-corrected chi connectivity index (χ4v) is 5.35. The molecular formula is C31H39N3O6. The molecule has 0 radical (unpaired) electrons. The average Bonchev–Trinajstić information content (AvgIpc) is 2.94. The average molecular weight is 550 g/mol. The zero-order valence-electron chi connectivity index (χ0n) is 23.8. The second-order valence-corrected chi connectivity index (χ2v) is 11.4. The lowest BCUT2D eigenvalue weighted by Gasteiger charge is -2.39. The third-order valence-corrected chi connectivity index (χ3v) is 7.34. The highest BCUT2D eigenvalue weighted by Crippen LogP contribution is 2.33. The van der Waals surface area contributed by atoms with Crippen LogP contribution in [0.2, 0.25) is 0 Å². The summed E-state index contributed by atoms with van der Waals surface area (Å²) in [5.41, 5.74) is 1.01. The molecule has 2 aromatic carbocycles. The fourth-order valence-electron chi connectivity index (χ4n) is 5.35. The van der Waals surface area contributed by atoms with Crippen molar-refractivity contribution in [1.29, 1.82) is 0 Å². The summed E-state index contributed by atoms with van der Waals surface area (Å²) in [5, 5.41) is 13.1. The number of hydrogen-bond donors (Lipinski definition) is 1. The Hall–Kier alpha value is -3.56. The number of rotatable bonds is 7. The Morgan fingerprint density at radius 1 is 1.10 bits per heavy atom. The second kappa shape index (κ2) is 11.9. The van der Waals surface area contributed by atoms with Crippen molar-refractivity contribution in [2.45, 2.75) is 57.9 Å². The van der Waals surface area contributed by atoms with Gasteiger partial charge in [0.2, 0.25) is 0 Å². The zero-order chi connectivity index (χ0) is 28.3. The minimum Gasteiger partial charge on any atom is -0.497 e. The minimum absolute atomic E-state index is 0.0105. The third kappa shape index (κ3) is 6.59. The summed E-state index contributed by atoms with van der Waals surface area (Å²) in [7, 11) is 1.63. The Morgan fingerprint density at radius 2 is 1.85 bits per heavy atom. The fraction of sp³-hybridized carbons (Fsp3) is 0.484. The van der Waals surface area contributed by atoms with E-state index in [2.05, 4.69) is 9.88 Å². The van der Waals surface area contributed by atoms with E-state index >= 15 is 0 Å². The molecule has 5 rings (SSSR count). The maximum absolute atomic E-state index is 13.3. The van der Waals surface area contributed by atoms with Crippen LogP contribution in [0, 0.1) is 0 Å². The number of likely N-dealkylation sites (tertiary alicyclic amines) is 1. The Morgan fingerprint density at radius 3 is 2.58 bits per heavy atom. The van der Waals surface area contributed by atoms with Crippen molar-refractivity contribution in [3.05, 3.63) is 59.9 Å². The Balaban J connectivity index is 1.26. The Bertz CT molecular complexity index is 1330. The highest BCUT2D eigenvalue weighted by atomic mass is 16.6. The molecule has 0 spiro atoms. The van der Waals surface area contributed by atoms with Gasteiger partial charge >= 0.3 is 6.09 Å². The van der Waals surface area contributed by atoms with Crippen LogP contribution in [0.3, 0.4) is 0 Å². The molecule has 0 bridgehead atoms. The first-order valence-electron chi connectivity index (χ1n) is 13.9. The predicted molar refractivity (Wildman–Crippen MR) is 152 cm³/mol. The molecule has 2 aliphatic rings. The number of amides is 1. The molecule has 0 saturated carbocycles. The number of β-amino-alcohol motifs (C(OH)–C–C–N with tert-alkyl or cyclic N) is 1. The first-order chi connectivity index (χ1) is 19.2. The van der Waals surface area contributed by atoms with Gasteiger partial charge in [0.25, 0.3) is 0 Å². The van der Waals surface area contributed by atoms with Gasteiger partial charge in [0.15, 0.2) is 11.5 Å². The quantitative estimate of drug-likeness (QED) is 0.443. The largest absolute Gasteiger partial charge is 0.497 e. The van der Waals surface area contributed by atoms with E-state index in [-0.39, 0.29) is 12.1 Å². The van der Waals surface area contributed by atoms with Crippen LogP contribution >= 0.6 is 0 Å². The van der Waals surface area contributed by atoms with Crippen molar-refractivity contribution < 1.29 is 28.8 Å². The zero-order valence-corrected chi connectivity index (χ0v) is 23.8. The van der Waals surface area contributed by atoms with Crippen molar-refractivity contribution in [1.82, 2.24) is 14.8 Å². The number of piperidine rings is 1. The van der Waals surface area contributed by atoms with Crippen LogP contribution in [-0.2, 0) is 11.3 Å². The van der Waals surface area contributed by atoms with Gasteiger partial charge in [-0.15, -0.1) is 0 Å². The highest BCUT2D eigenvalue weighted by Gasteiger charge is 2.32. The number of carbonyl (C=O) groups excluding carboxylic acids is 1. The van der Waals surface area contributed by atoms with E-state index in [1.54, 1.807) is 13.3 Å². The van der Waals surface area contributed by atoms with Crippen LogP contribution in [0.15, 0.2) is 48.7 Å². The first-order valence-corrected chi connectivity index (χ1v) is 13.9. The molecule has 1 unspecified atom stereocenters. The Kier molecular flexibility index (Phi) is 8.32. The van der Waals surface area contributed by atoms with E-state index in [0.717, 1.165) is 53.8 Å². The lowest BCUT2D eigenvalue weighted by atomic mass is 10.0. The van der Waals surface area contributed by atoms with Gasteiger partial charge in [-0.1, -0.05) is 12.1 Å². The van der Waals surface area contributed by atoms with Gasteiger partial charge in [-0.3, -0.25) is 4.98 Å². The summed E-state index contributed by atoms with van der Waals surface area (Å²) >= 11 is 0. The molecule has 0 aliphatic carbocycles. The SMILES string of the molecule is COc1ccc2ccnc(C(O)CN3CCC(N(Cc4ccc5c(c4)OCCO5)C(=O)OC(C)(C)C)CC3)c2c1. The number of nitrogens with zero attached hydrogens (tertiary/aromatic N) is 3. The topological polar surface area (TPSA) is 93.6 Å². The molecule has 1 N–H and O–H groups in total. The summed E-state index contributed by atoms with van der Waals surface area (Å²) in [6.07, 6.45) is 2.21. The number of carbonyl (C=O) groups is 1. The summed E-state index contributed by atoms with van der Waals surface area (Å²) in [4.78, 5) is 21.9. The van der Waals surface area contributed by atoms with E-state index in [1.165, 1.54) is 0 Å².